The molecule has 0 aromatic carbocycles. The van der Waals surface area contributed by atoms with Crippen molar-refractivity contribution in [3.63, 3.8) is 0 Å². The van der Waals surface area contributed by atoms with Crippen molar-refractivity contribution in [2.24, 2.45) is 11.3 Å². The highest BCUT2D eigenvalue weighted by atomic mass is 32.2. The Hall–Kier alpha value is -2.51. The highest BCUT2D eigenvalue weighted by molar-refractivity contribution is 8.13. The van der Waals surface area contributed by atoms with E-state index < -0.39 is 25.2 Å². The summed E-state index contributed by atoms with van der Waals surface area (Å²) >= 11 is 1.09. The van der Waals surface area contributed by atoms with Crippen molar-refractivity contribution in [2.75, 3.05) is 38.9 Å². The fraction of sp³-hybridized carbons (Fsp3) is 0.609. The van der Waals surface area contributed by atoms with Crippen molar-refractivity contribution >= 4 is 47.7 Å². The molecule has 38 heavy (non-hydrogen) atoms. The molecule has 0 fully saturated rings. The quantitative estimate of drug-likeness (QED) is 0.165. The summed E-state index contributed by atoms with van der Waals surface area (Å²) in [7, 11) is -1.19. The first kappa shape index (κ1) is 30.0. The van der Waals surface area contributed by atoms with E-state index in [1.807, 2.05) is 37.5 Å². The molecule has 3 N–H and O–H groups in total. The van der Waals surface area contributed by atoms with E-state index >= 15 is 0 Å². The Morgan fingerprint density at radius 1 is 1.26 bits per heavy atom. The maximum Gasteiger partial charge on any atom is 0.406 e. The van der Waals surface area contributed by atoms with Gasteiger partial charge in [0.2, 0.25) is 11.8 Å². The van der Waals surface area contributed by atoms with Gasteiger partial charge in [-0.3, -0.25) is 18.6 Å². The Balaban J connectivity index is 1.63. The van der Waals surface area contributed by atoms with Crippen LogP contribution in [0.1, 0.15) is 40.2 Å². The second kappa shape index (κ2) is 12.6. The minimum Gasteiger partial charge on any atom is -0.479 e. The second-order valence-electron chi connectivity index (χ2n) is 9.75. The van der Waals surface area contributed by atoms with Crippen LogP contribution in [0.5, 0.6) is 5.88 Å². The Morgan fingerprint density at radius 2 is 2.00 bits per heavy atom. The molecule has 3 rings (SSSR count). The van der Waals surface area contributed by atoms with Gasteiger partial charge >= 0.3 is 13.7 Å². The topological polar surface area (TPSA) is 170 Å². The third-order valence-electron chi connectivity index (χ3n) is 5.66. The first-order valence-electron chi connectivity index (χ1n) is 12.0. The SMILES string of the molecule is COC(=O)[C@H](C)NP(=O)(OCCSC(=O)C(C)(C)C)OC[C@@H]1C=C[C@H](n2cnc3c(OC)nc(N)nc32)C1. The number of imidazole rings is 1. The molecule has 0 bridgehead atoms. The molecule has 0 spiro atoms. The average molecular weight is 571 g/mol. The number of methoxy groups -OCH3 is 2. The Labute approximate surface area is 225 Å². The number of esters is 1. The van der Waals surface area contributed by atoms with E-state index in [0.29, 0.717) is 23.5 Å². The zero-order valence-electron chi connectivity index (χ0n) is 22.4. The number of fused-ring (bicyclic) bond motifs is 1. The molecule has 2 aromatic heterocycles. The number of hydrogen-bond acceptors (Lipinski definition) is 12. The van der Waals surface area contributed by atoms with Gasteiger partial charge in [-0.2, -0.15) is 9.97 Å². The molecule has 1 unspecified atom stereocenters. The number of aromatic nitrogens is 4. The maximum atomic E-state index is 13.5. The minimum atomic E-state index is -3.91. The minimum absolute atomic E-state index is 0.00783. The molecular formula is C23H35N6O7PS. The molecule has 2 aromatic rings. The van der Waals surface area contributed by atoms with E-state index in [1.54, 1.807) is 6.33 Å². The highest BCUT2D eigenvalue weighted by Crippen LogP contribution is 2.46. The van der Waals surface area contributed by atoms with Crippen LogP contribution >= 0.6 is 19.5 Å². The molecule has 4 atom stereocenters. The van der Waals surface area contributed by atoms with Crippen molar-refractivity contribution in [2.45, 2.75) is 46.2 Å². The number of carbonyl (C=O) groups is 2. The Bertz CT molecular complexity index is 1230. The predicted molar refractivity (Wildman–Crippen MR) is 144 cm³/mol. The smallest absolute Gasteiger partial charge is 0.406 e. The van der Waals surface area contributed by atoms with Crippen molar-refractivity contribution < 1.29 is 32.7 Å². The van der Waals surface area contributed by atoms with Crippen LogP contribution in [0.15, 0.2) is 18.5 Å². The number of anilines is 1. The lowest BCUT2D eigenvalue weighted by Crippen LogP contribution is -2.34. The number of thioether (sulfide) groups is 1. The first-order chi connectivity index (χ1) is 17.9. The molecular weight excluding hydrogens is 535 g/mol. The van der Waals surface area contributed by atoms with Crippen molar-refractivity contribution in [3.8, 4) is 5.88 Å². The third-order valence-corrected chi connectivity index (χ3v) is 8.62. The monoisotopic (exact) mass is 570 g/mol. The number of carbonyl (C=O) groups excluding carboxylic acids is 2. The summed E-state index contributed by atoms with van der Waals surface area (Å²) in [5.41, 5.74) is 6.35. The molecule has 0 saturated heterocycles. The molecule has 0 aliphatic heterocycles. The number of hydrogen-bond donors (Lipinski definition) is 2. The first-order valence-corrected chi connectivity index (χ1v) is 14.5. The predicted octanol–water partition coefficient (Wildman–Crippen LogP) is 3.13. The number of rotatable bonds is 12. The Kier molecular flexibility index (Phi) is 9.93. The van der Waals surface area contributed by atoms with E-state index in [2.05, 4.69) is 20.0 Å². The van der Waals surface area contributed by atoms with Gasteiger partial charge in [-0.25, -0.2) is 14.6 Å². The molecule has 210 valence electrons. The molecule has 1 aliphatic rings. The van der Waals surface area contributed by atoms with Crippen LogP contribution in [0.4, 0.5) is 5.95 Å². The number of nitrogen functional groups attached to an aromatic ring is 1. The van der Waals surface area contributed by atoms with Crippen LogP contribution in [0.25, 0.3) is 11.2 Å². The van der Waals surface area contributed by atoms with Crippen LogP contribution in [-0.2, 0) is 27.9 Å². The highest BCUT2D eigenvalue weighted by Gasteiger charge is 2.33. The molecule has 1 aliphatic carbocycles. The third kappa shape index (κ3) is 7.54. The molecule has 13 nitrogen and oxygen atoms in total. The van der Waals surface area contributed by atoms with Crippen LogP contribution in [0.2, 0.25) is 0 Å². The molecule has 15 heteroatoms. The lowest BCUT2D eigenvalue weighted by atomic mass is 10.00. The van der Waals surface area contributed by atoms with Gasteiger partial charge in [0, 0.05) is 17.1 Å². The fourth-order valence-electron chi connectivity index (χ4n) is 3.65. The molecule has 2 heterocycles. The molecule has 0 saturated carbocycles. The van der Waals surface area contributed by atoms with E-state index in [1.165, 1.54) is 21.1 Å². The van der Waals surface area contributed by atoms with Crippen molar-refractivity contribution in [1.82, 2.24) is 24.6 Å². The summed E-state index contributed by atoms with van der Waals surface area (Å²) in [5, 5.41) is 2.62. The second-order valence-corrected chi connectivity index (χ2v) is 12.6. The standard InChI is InChI=1S/C23H35N6O7PS/c1-14(20(30)34-6)28-37(32,35-9-10-38-21(31)23(2,3)4)36-12-15-7-8-16(11-15)29-13-25-17-18(29)26-22(24)27-19(17)33-5/h7-8,13-16H,9-12H2,1-6H3,(H,28,32)(H2,24,26,27)/t14-,15+,16-,37?/m0/s1. The summed E-state index contributed by atoms with van der Waals surface area (Å²) < 4.78 is 36.6. The number of nitrogens with one attached hydrogen (secondary N) is 1. The lowest BCUT2D eigenvalue weighted by Gasteiger charge is -2.23. The number of nitrogens with zero attached hydrogens (tertiary/aromatic N) is 4. The van der Waals surface area contributed by atoms with E-state index in [4.69, 9.17) is 24.3 Å². The van der Waals surface area contributed by atoms with E-state index in [-0.39, 0.29) is 42.0 Å². The largest absolute Gasteiger partial charge is 0.479 e. The van der Waals surface area contributed by atoms with E-state index in [0.717, 1.165) is 11.8 Å². The van der Waals surface area contributed by atoms with Gasteiger partial charge in [-0.05, 0) is 13.3 Å². The summed E-state index contributed by atoms with van der Waals surface area (Å²) in [6, 6.07) is -1.03. The molecule has 0 radical (unpaired) electrons. The average Bonchev–Trinajstić information content (AvgIpc) is 3.50. The van der Waals surface area contributed by atoms with Gasteiger partial charge in [0.25, 0.3) is 0 Å². The van der Waals surface area contributed by atoms with Gasteiger partial charge in [0.1, 0.15) is 6.04 Å². The van der Waals surface area contributed by atoms with Crippen LogP contribution < -0.4 is 15.6 Å². The summed E-state index contributed by atoms with van der Waals surface area (Å²) in [4.78, 5) is 36.8. The summed E-state index contributed by atoms with van der Waals surface area (Å²) in [6.45, 7) is 7.02. The van der Waals surface area contributed by atoms with Crippen LogP contribution in [0, 0.1) is 11.3 Å². The van der Waals surface area contributed by atoms with Gasteiger partial charge < -0.3 is 19.8 Å². The number of nitrogens with two attached hydrogens (primary N) is 1. The van der Waals surface area contributed by atoms with Crippen LogP contribution in [0.3, 0.4) is 0 Å². The number of ether oxygens (including phenoxy) is 2. The van der Waals surface area contributed by atoms with Gasteiger partial charge in [-0.1, -0.05) is 44.7 Å². The summed E-state index contributed by atoms with van der Waals surface area (Å²) in [6.07, 6.45) is 6.18. The zero-order chi connectivity index (χ0) is 28.1. The summed E-state index contributed by atoms with van der Waals surface area (Å²) in [5.74, 6) is -0.0732. The van der Waals surface area contributed by atoms with Crippen LogP contribution in [-0.4, -0.2) is 69.8 Å². The molecule has 0 amide bonds. The van der Waals surface area contributed by atoms with Gasteiger partial charge in [0.05, 0.1) is 39.8 Å². The maximum absolute atomic E-state index is 13.5. The van der Waals surface area contributed by atoms with Crippen molar-refractivity contribution in [3.05, 3.63) is 18.5 Å². The normalized spacial score (nSPS) is 19.8. The fourth-order valence-corrected chi connectivity index (χ4v) is 6.09. The van der Waals surface area contributed by atoms with Gasteiger partial charge in [-0.15, -0.1) is 0 Å². The van der Waals surface area contributed by atoms with E-state index in [9.17, 15) is 14.2 Å². The zero-order valence-corrected chi connectivity index (χ0v) is 24.1. The number of allylic oxidation sites excluding steroid dienone is 1. The van der Waals surface area contributed by atoms with Gasteiger partial charge in [0.15, 0.2) is 16.3 Å². The lowest BCUT2D eigenvalue weighted by molar-refractivity contribution is -0.142. The Morgan fingerprint density at radius 3 is 2.66 bits per heavy atom. The van der Waals surface area contributed by atoms with Crippen molar-refractivity contribution in [1.29, 1.82) is 0 Å².